The molecule has 3 rings (SSSR count). The van der Waals surface area contributed by atoms with Crippen molar-refractivity contribution in [1.82, 2.24) is 20.5 Å². The molecule has 3 atom stereocenters. The minimum atomic E-state index is -0.736. The van der Waals surface area contributed by atoms with Crippen LogP contribution in [0.2, 0.25) is 0 Å². The molecule has 1 aromatic carbocycles. The number of amides is 2. The maximum atomic E-state index is 13.5. The average Bonchev–Trinajstić information content (AvgIpc) is 3.44. The average molecular weight is 518 g/mol. The van der Waals surface area contributed by atoms with E-state index < -0.39 is 23.6 Å². The van der Waals surface area contributed by atoms with E-state index in [2.05, 4.69) is 15.6 Å². The van der Waals surface area contributed by atoms with Gasteiger partial charge in [0.1, 0.15) is 6.04 Å². The second-order valence-corrected chi connectivity index (χ2v) is 11.1. The Morgan fingerprint density at radius 3 is 2.61 bits per heavy atom. The summed E-state index contributed by atoms with van der Waals surface area (Å²) in [4.78, 5) is 33.6. The van der Waals surface area contributed by atoms with Gasteiger partial charge in [-0.15, -0.1) is 11.3 Å². The zero-order valence-electron chi connectivity index (χ0n) is 21.6. The molecule has 5 N–H and O–H groups in total. The van der Waals surface area contributed by atoms with Crippen LogP contribution < -0.4 is 16.4 Å². The molecule has 2 heterocycles. The molecule has 0 bridgehead atoms. The smallest absolute Gasteiger partial charge is 0.243 e. The van der Waals surface area contributed by atoms with Gasteiger partial charge in [-0.2, -0.15) is 0 Å². The van der Waals surface area contributed by atoms with Crippen LogP contribution in [0.15, 0.2) is 29.8 Å². The number of aryl methyl sites for hydroxylation is 1. The summed E-state index contributed by atoms with van der Waals surface area (Å²) >= 11 is 1.60. The Bertz CT molecular complexity index is 1000. The highest BCUT2D eigenvalue weighted by Gasteiger charge is 2.43. The van der Waals surface area contributed by atoms with Crippen LogP contribution in [0.5, 0.6) is 0 Å². The Kier molecular flexibility index (Phi) is 9.98. The van der Waals surface area contributed by atoms with Crippen LogP contribution in [0.25, 0.3) is 10.4 Å². The molecule has 0 saturated carbocycles. The molecule has 1 aromatic heterocycles. The van der Waals surface area contributed by atoms with Crippen LogP contribution in [0, 0.1) is 12.3 Å². The Labute approximate surface area is 217 Å². The number of likely N-dealkylation sites (tertiary alicyclic amines) is 1. The minimum absolute atomic E-state index is 0.137. The predicted octanol–water partition coefficient (Wildman–Crippen LogP) is 1.68. The number of thiazole rings is 1. The van der Waals surface area contributed by atoms with Gasteiger partial charge in [-0.05, 0) is 23.5 Å². The van der Waals surface area contributed by atoms with Crippen molar-refractivity contribution >= 4 is 23.2 Å². The van der Waals surface area contributed by atoms with Crippen LogP contribution in [-0.4, -0.2) is 77.8 Å². The van der Waals surface area contributed by atoms with E-state index in [4.69, 9.17) is 10.5 Å². The lowest BCUT2D eigenvalue weighted by Gasteiger charge is -2.35. The number of ether oxygens (including phenoxy) is 1. The molecule has 0 spiro atoms. The Morgan fingerprint density at radius 2 is 2.00 bits per heavy atom. The maximum absolute atomic E-state index is 13.5. The van der Waals surface area contributed by atoms with Crippen molar-refractivity contribution in [2.24, 2.45) is 11.1 Å². The Balaban J connectivity index is 1.61. The second kappa shape index (κ2) is 12.7. The molecule has 0 radical (unpaired) electrons. The lowest BCUT2D eigenvalue weighted by Crippen LogP contribution is -2.57. The van der Waals surface area contributed by atoms with Crippen molar-refractivity contribution in [2.45, 2.75) is 58.8 Å². The summed E-state index contributed by atoms with van der Waals surface area (Å²) in [6, 6.07) is 6.76. The molecule has 2 aromatic rings. The lowest BCUT2D eigenvalue weighted by molar-refractivity contribution is -0.142. The number of benzene rings is 1. The first kappa shape index (κ1) is 28.2. The first-order valence-corrected chi connectivity index (χ1v) is 13.3. The van der Waals surface area contributed by atoms with Gasteiger partial charge in [-0.25, -0.2) is 4.98 Å². The van der Waals surface area contributed by atoms with E-state index in [-0.39, 0.29) is 24.8 Å². The largest absolute Gasteiger partial charge is 0.391 e. The topological polar surface area (TPSA) is 130 Å². The molecule has 1 fully saturated rings. The van der Waals surface area contributed by atoms with Gasteiger partial charge in [0, 0.05) is 32.6 Å². The van der Waals surface area contributed by atoms with Crippen molar-refractivity contribution in [3.63, 3.8) is 0 Å². The van der Waals surface area contributed by atoms with Gasteiger partial charge in [-0.1, -0.05) is 45.0 Å². The number of aromatic nitrogens is 1. The van der Waals surface area contributed by atoms with E-state index in [0.29, 0.717) is 32.8 Å². The summed E-state index contributed by atoms with van der Waals surface area (Å²) in [6.45, 7) is 10.2. The molecule has 1 aliphatic rings. The fourth-order valence-corrected chi connectivity index (χ4v) is 5.17. The number of rotatable bonds is 11. The predicted molar refractivity (Wildman–Crippen MR) is 141 cm³/mol. The summed E-state index contributed by atoms with van der Waals surface area (Å²) in [7, 11) is 0. The molecular weight excluding hydrogens is 478 g/mol. The second-order valence-electron chi connectivity index (χ2n) is 10.2. The van der Waals surface area contributed by atoms with E-state index in [9.17, 15) is 14.7 Å². The van der Waals surface area contributed by atoms with E-state index in [1.54, 1.807) is 11.3 Å². The Hall–Kier alpha value is -2.37. The third-order valence-electron chi connectivity index (χ3n) is 6.26. The summed E-state index contributed by atoms with van der Waals surface area (Å²) in [5, 5.41) is 16.5. The summed E-state index contributed by atoms with van der Waals surface area (Å²) in [6.07, 6.45) is -0.516. The van der Waals surface area contributed by atoms with Crippen LogP contribution in [0.1, 0.15) is 38.4 Å². The van der Waals surface area contributed by atoms with Crippen molar-refractivity contribution in [3.8, 4) is 10.4 Å². The highest BCUT2D eigenvalue weighted by Crippen LogP contribution is 2.28. The number of carbonyl (C=O) groups excluding carboxylic acids is 2. The van der Waals surface area contributed by atoms with Crippen LogP contribution in [0.4, 0.5) is 0 Å². The molecule has 0 aliphatic carbocycles. The standard InChI is InChI=1S/C26H39N5O4S/c1-17-22(36-16-30-17)19-7-5-18(6-8-19)14-29-24(33)21-13-20(32)15-31(21)25(34)23(26(2,3)4)28-10-12-35-11-9-27/h5-8,16,20-21,23,28,32H,9-15,27H2,1-4H3,(H,29,33)/t20-,21+,23-/m1/s1. The van der Waals surface area contributed by atoms with E-state index in [1.807, 2.05) is 57.5 Å². The number of aliphatic hydroxyl groups excluding tert-OH is 1. The molecule has 36 heavy (non-hydrogen) atoms. The number of hydrogen-bond acceptors (Lipinski definition) is 8. The molecular formula is C26H39N5O4S. The quantitative estimate of drug-likeness (QED) is 0.334. The van der Waals surface area contributed by atoms with Gasteiger partial charge in [0.05, 0.1) is 41.4 Å². The number of β-amino-alcohol motifs (C(OH)–C–C–N with tert-alkyl or cyclic N) is 1. The fraction of sp³-hybridized carbons (Fsp3) is 0.577. The first-order chi connectivity index (χ1) is 17.1. The highest BCUT2D eigenvalue weighted by atomic mass is 32.1. The van der Waals surface area contributed by atoms with E-state index in [0.717, 1.165) is 21.7 Å². The molecule has 1 aliphatic heterocycles. The first-order valence-electron chi connectivity index (χ1n) is 12.4. The van der Waals surface area contributed by atoms with E-state index in [1.165, 1.54) is 4.90 Å². The zero-order chi connectivity index (χ0) is 26.3. The van der Waals surface area contributed by atoms with Gasteiger partial charge >= 0.3 is 0 Å². The third-order valence-corrected chi connectivity index (χ3v) is 7.24. The number of nitrogens with two attached hydrogens (primary N) is 1. The summed E-state index contributed by atoms with van der Waals surface area (Å²) in [5.41, 5.74) is 9.94. The molecule has 0 unspecified atom stereocenters. The number of aliphatic hydroxyl groups is 1. The zero-order valence-corrected chi connectivity index (χ0v) is 22.4. The van der Waals surface area contributed by atoms with Crippen molar-refractivity contribution < 1.29 is 19.4 Å². The van der Waals surface area contributed by atoms with Crippen molar-refractivity contribution in [3.05, 3.63) is 41.0 Å². The van der Waals surface area contributed by atoms with Gasteiger partial charge < -0.3 is 31.1 Å². The molecule has 198 valence electrons. The van der Waals surface area contributed by atoms with Gasteiger partial charge in [0.25, 0.3) is 0 Å². The van der Waals surface area contributed by atoms with Gasteiger partial charge in [0.15, 0.2) is 0 Å². The molecule has 9 nitrogen and oxygen atoms in total. The van der Waals surface area contributed by atoms with E-state index >= 15 is 0 Å². The monoisotopic (exact) mass is 517 g/mol. The molecule has 1 saturated heterocycles. The number of hydrogen-bond donors (Lipinski definition) is 4. The van der Waals surface area contributed by atoms with Crippen LogP contribution >= 0.6 is 11.3 Å². The maximum Gasteiger partial charge on any atom is 0.243 e. The van der Waals surface area contributed by atoms with Crippen molar-refractivity contribution in [1.29, 1.82) is 0 Å². The van der Waals surface area contributed by atoms with Crippen LogP contribution in [0.3, 0.4) is 0 Å². The fourth-order valence-electron chi connectivity index (χ4n) is 4.36. The molecule has 10 heteroatoms. The normalized spacial score (nSPS) is 18.9. The number of carbonyl (C=O) groups is 2. The molecule has 2 amide bonds. The number of nitrogens with zero attached hydrogens (tertiary/aromatic N) is 2. The highest BCUT2D eigenvalue weighted by molar-refractivity contribution is 7.13. The SMILES string of the molecule is Cc1ncsc1-c1ccc(CNC(=O)[C@@H]2C[C@@H](O)CN2C(=O)[C@@H](NCCOCCN)C(C)(C)C)cc1. The van der Waals surface area contributed by atoms with Gasteiger partial charge in [-0.3, -0.25) is 9.59 Å². The van der Waals surface area contributed by atoms with Crippen LogP contribution in [-0.2, 0) is 20.9 Å². The lowest BCUT2D eigenvalue weighted by atomic mass is 9.85. The minimum Gasteiger partial charge on any atom is -0.391 e. The third kappa shape index (κ3) is 7.33. The number of nitrogens with one attached hydrogen (secondary N) is 2. The Morgan fingerprint density at radius 1 is 1.28 bits per heavy atom. The summed E-state index contributed by atoms with van der Waals surface area (Å²) in [5.74, 6) is -0.455. The summed E-state index contributed by atoms with van der Waals surface area (Å²) < 4.78 is 5.42. The van der Waals surface area contributed by atoms with Crippen molar-refractivity contribution in [2.75, 3.05) is 32.8 Å². The van der Waals surface area contributed by atoms with Gasteiger partial charge in [0.2, 0.25) is 11.8 Å².